The predicted octanol–water partition coefficient (Wildman–Crippen LogP) is 4.71. The quantitative estimate of drug-likeness (QED) is 0.667. The van der Waals surface area contributed by atoms with Gasteiger partial charge < -0.3 is 5.32 Å². The highest BCUT2D eigenvalue weighted by molar-refractivity contribution is 6.29. The Labute approximate surface area is 122 Å². The fraction of sp³-hybridized carbons (Fsp3) is 0.733. The third-order valence-electron chi connectivity index (χ3n) is 3.33. The summed E-state index contributed by atoms with van der Waals surface area (Å²) in [5.74, 6) is 2.40. The normalized spacial score (nSPS) is 12.4. The van der Waals surface area contributed by atoms with Crippen LogP contribution in [0.3, 0.4) is 0 Å². The lowest BCUT2D eigenvalue weighted by molar-refractivity contribution is 0.472. The van der Waals surface area contributed by atoms with Crippen LogP contribution in [0.4, 0.5) is 5.82 Å². The molecule has 3 nitrogen and oxygen atoms in total. The second kappa shape index (κ2) is 9.13. The monoisotopic (exact) mass is 283 g/mol. The molecule has 0 aliphatic heterocycles. The summed E-state index contributed by atoms with van der Waals surface area (Å²) < 4.78 is 0. The first-order valence-corrected chi connectivity index (χ1v) is 7.84. The summed E-state index contributed by atoms with van der Waals surface area (Å²) in [6.45, 7) is 7.57. The zero-order valence-electron chi connectivity index (χ0n) is 12.4. The van der Waals surface area contributed by atoms with Crippen LogP contribution >= 0.6 is 11.6 Å². The van der Waals surface area contributed by atoms with Crippen molar-refractivity contribution in [3.63, 3.8) is 0 Å². The number of rotatable bonds is 9. The van der Waals surface area contributed by atoms with Gasteiger partial charge in [0.2, 0.25) is 0 Å². The maximum absolute atomic E-state index is 6.03. The highest BCUT2D eigenvalue weighted by Crippen LogP contribution is 2.16. The Bertz CT molecular complexity index is 368. The molecule has 0 fully saturated rings. The largest absolute Gasteiger partial charge is 0.370 e. The van der Waals surface area contributed by atoms with Gasteiger partial charge in [0.1, 0.15) is 16.8 Å². The molecule has 1 atom stereocenters. The first-order valence-electron chi connectivity index (χ1n) is 7.46. The Morgan fingerprint density at radius 3 is 2.63 bits per heavy atom. The number of nitrogens with zero attached hydrogens (tertiary/aromatic N) is 2. The minimum Gasteiger partial charge on any atom is -0.370 e. The summed E-state index contributed by atoms with van der Waals surface area (Å²) in [5.41, 5.74) is 0. The van der Waals surface area contributed by atoms with Crippen molar-refractivity contribution >= 4 is 17.4 Å². The molecular formula is C15H26ClN3. The van der Waals surface area contributed by atoms with Crippen LogP contribution in [0.5, 0.6) is 0 Å². The highest BCUT2D eigenvalue weighted by Gasteiger charge is 2.07. The molecule has 0 spiro atoms. The molecule has 0 saturated heterocycles. The third-order valence-corrected chi connectivity index (χ3v) is 3.52. The molecule has 1 aromatic heterocycles. The number of halogens is 1. The second-order valence-corrected chi connectivity index (χ2v) is 5.43. The van der Waals surface area contributed by atoms with Crippen LogP contribution in [0.1, 0.15) is 58.7 Å². The molecule has 0 radical (unpaired) electrons. The molecule has 0 aliphatic carbocycles. The van der Waals surface area contributed by atoms with E-state index in [0.29, 0.717) is 11.1 Å². The van der Waals surface area contributed by atoms with Gasteiger partial charge in [-0.2, -0.15) is 0 Å². The van der Waals surface area contributed by atoms with Crippen LogP contribution in [0.25, 0.3) is 0 Å². The molecule has 0 aromatic carbocycles. The molecule has 1 heterocycles. The number of hydrogen-bond acceptors (Lipinski definition) is 3. The van der Waals surface area contributed by atoms with Crippen LogP contribution in [-0.4, -0.2) is 16.5 Å². The molecule has 1 rings (SSSR count). The Kier molecular flexibility index (Phi) is 7.80. The number of aromatic nitrogens is 2. The number of nitrogens with one attached hydrogen (secondary N) is 1. The molecule has 0 amide bonds. The van der Waals surface area contributed by atoms with Crippen LogP contribution in [0.15, 0.2) is 6.07 Å². The van der Waals surface area contributed by atoms with E-state index in [-0.39, 0.29) is 0 Å². The number of aryl methyl sites for hydroxylation is 1. The Morgan fingerprint density at radius 2 is 2.00 bits per heavy atom. The van der Waals surface area contributed by atoms with Crippen molar-refractivity contribution in [3.8, 4) is 0 Å². The standard InChI is InChI=1S/C15H26ClN3/c1-4-7-9-12(6-3)11-17-15-10-13(16)18-14(19-15)8-5-2/h10,12H,4-9,11H2,1-3H3,(H,17,18,19). The molecule has 0 saturated carbocycles. The van der Waals surface area contributed by atoms with E-state index in [9.17, 15) is 0 Å². The van der Waals surface area contributed by atoms with Crippen LogP contribution in [-0.2, 0) is 6.42 Å². The van der Waals surface area contributed by atoms with E-state index in [1.807, 2.05) is 6.07 Å². The van der Waals surface area contributed by atoms with E-state index in [4.69, 9.17) is 11.6 Å². The summed E-state index contributed by atoms with van der Waals surface area (Å²) in [7, 11) is 0. The smallest absolute Gasteiger partial charge is 0.134 e. The van der Waals surface area contributed by atoms with Crippen LogP contribution in [0.2, 0.25) is 5.15 Å². The van der Waals surface area contributed by atoms with E-state index in [1.54, 1.807) is 0 Å². The summed E-state index contributed by atoms with van der Waals surface area (Å²) >= 11 is 6.03. The molecular weight excluding hydrogens is 258 g/mol. The number of unbranched alkanes of at least 4 members (excludes halogenated alkanes) is 1. The predicted molar refractivity (Wildman–Crippen MR) is 82.8 cm³/mol. The molecule has 1 aromatic rings. The van der Waals surface area contributed by atoms with Gasteiger partial charge in [0.05, 0.1) is 0 Å². The van der Waals surface area contributed by atoms with Crippen molar-refractivity contribution in [2.24, 2.45) is 5.92 Å². The van der Waals surface area contributed by atoms with Crippen LogP contribution < -0.4 is 5.32 Å². The second-order valence-electron chi connectivity index (χ2n) is 5.04. The van der Waals surface area contributed by atoms with Gasteiger partial charge in [0.15, 0.2) is 0 Å². The molecule has 4 heteroatoms. The first kappa shape index (κ1) is 16.2. The minimum absolute atomic E-state index is 0.530. The van der Waals surface area contributed by atoms with Gasteiger partial charge in [-0.1, -0.05) is 51.6 Å². The molecule has 108 valence electrons. The number of hydrogen-bond donors (Lipinski definition) is 1. The Hall–Kier alpha value is -0.830. The van der Waals surface area contributed by atoms with Crippen LogP contribution in [0, 0.1) is 5.92 Å². The summed E-state index contributed by atoms with van der Waals surface area (Å²) in [6.07, 6.45) is 6.95. The summed E-state index contributed by atoms with van der Waals surface area (Å²) in [4.78, 5) is 8.74. The van der Waals surface area contributed by atoms with Crippen molar-refractivity contribution in [2.45, 2.75) is 59.3 Å². The third kappa shape index (κ3) is 6.24. The average molecular weight is 284 g/mol. The average Bonchev–Trinajstić information content (AvgIpc) is 2.39. The summed E-state index contributed by atoms with van der Waals surface area (Å²) in [5, 5.41) is 3.94. The van der Waals surface area contributed by atoms with Gasteiger partial charge in [-0.05, 0) is 18.8 Å². The SMILES string of the molecule is CCCCC(CC)CNc1cc(Cl)nc(CCC)n1. The van der Waals surface area contributed by atoms with E-state index < -0.39 is 0 Å². The van der Waals surface area contributed by atoms with Crippen molar-refractivity contribution in [2.75, 3.05) is 11.9 Å². The fourth-order valence-electron chi connectivity index (χ4n) is 2.08. The highest BCUT2D eigenvalue weighted by atomic mass is 35.5. The van der Waals surface area contributed by atoms with Gasteiger partial charge in [0, 0.05) is 19.0 Å². The topological polar surface area (TPSA) is 37.8 Å². The lowest BCUT2D eigenvalue weighted by Crippen LogP contribution is -2.15. The fourth-order valence-corrected chi connectivity index (χ4v) is 2.28. The first-order chi connectivity index (χ1) is 9.19. The molecule has 1 N–H and O–H groups in total. The Balaban J connectivity index is 2.55. The zero-order valence-corrected chi connectivity index (χ0v) is 13.1. The van der Waals surface area contributed by atoms with Gasteiger partial charge in [-0.3, -0.25) is 0 Å². The van der Waals surface area contributed by atoms with E-state index in [2.05, 4.69) is 36.1 Å². The van der Waals surface area contributed by atoms with E-state index in [1.165, 1.54) is 25.7 Å². The van der Waals surface area contributed by atoms with Crippen molar-refractivity contribution in [1.82, 2.24) is 9.97 Å². The molecule has 1 unspecified atom stereocenters. The maximum atomic E-state index is 6.03. The van der Waals surface area contributed by atoms with Crippen molar-refractivity contribution < 1.29 is 0 Å². The lowest BCUT2D eigenvalue weighted by atomic mass is 9.99. The number of anilines is 1. The Morgan fingerprint density at radius 1 is 1.21 bits per heavy atom. The zero-order chi connectivity index (χ0) is 14.1. The molecule has 0 bridgehead atoms. The van der Waals surface area contributed by atoms with E-state index >= 15 is 0 Å². The van der Waals surface area contributed by atoms with E-state index in [0.717, 1.165) is 31.0 Å². The molecule has 19 heavy (non-hydrogen) atoms. The maximum Gasteiger partial charge on any atom is 0.134 e. The van der Waals surface area contributed by atoms with Gasteiger partial charge in [-0.15, -0.1) is 0 Å². The van der Waals surface area contributed by atoms with Crippen molar-refractivity contribution in [3.05, 3.63) is 17.0 Å². The van der Waals surface area contributed by atoms with Gasteiger partial charge >= 0.3 is 0 Å². The molecule has 0 aliphatic rings. The summed E-state index contributed by atoms with van der Waals surface area (Å²) in [6, 6.07) is 1.81. The van der Waals surface area contributed by atoms with Gasteiger partial charge in [-0.25, -0.2) is 9.97 Å². The van der Waals surface area contributed by atoms with Gasteiger partial charge in [0.25, 0.3) is 0 Å². The van der Waals surface area contributed by atoms with Crippen molar-refractivity contribution in [1.29, 1.82) is 0 Å². The lowest BCUT2D eigenvalue weighted by Gasteiger charge is -2.16. The minimum atomic E-state index is 0.530.